The van der Waals surface area contributed by atoms with Crippen molar-refractivity contribution < 1.29 is 4.42 Å². The molecule has 0 aliphatic heterocycles. The third kappa shape index (κ3) is 3.43. The number of para-hydroxylation sites is 2. The molecule has 0 saturated heterocycles. The fourth-order valence-electron chi connectivity index (χ4n) is 9.53. The van der Waals surface area contributed by atoms with Gasteiger partial charge in [-0.05, 0) is 92.0 Å². The Kier molecular flexibility index (Phi) is 5.28. The second kappa shape index (κ2) is 9.43. The molecule has 2 heteroatoms. The van der Waals surface area contributed by atoms with Gasteiger partial charge in [0.15, 0.2) is 5.58 Å². The fraction of sp³-hybridized carbons (Fsp3) is 0.125. The largest absolute Gasteiger partial charge is 0.454 e. The molecule has 0 N–H and O–H groups in total. The number of furan rings is 1. The normalized spacial score (nSPS) is 15.1. The minimum atomic E-state index is -0.102. The molecule has 2 aliphatic rings. The van der Waals surface area contributed by atoms with Crippen molar-refractivity contribution in [3.63, 3.8) is 0 Å². The topological polar surface area (TPSA) is 18.1 Å². The molecule has 11 rings (SSSR count). The van der Waals surface area contributed by atoms with Crippen molar-refractivity contribution in [3.8, 4) is 39.1 Å². The highest BCUT2D eigenvalue weighted by atomic mass is 16.3. The molecule has 50 heavy (non-hydrogen) atoms. The third-order valence-electron chi connectivity index (χ3n) is 12.0. The molecular weight excluding hydrogens is 607 g/mol. The lowest BCUT2D eigenvalue weighted by molar-refractivity contribution is 0.659. The number of nitrogens with zero attached hydrogens (tertiary/aromatic N) is 1. The van der Waals surface area contributed by atoms with Crippen LogP contribution in [0.4, 0.5) is 0 Å². The highest BCUT2D eigenvalue weighted by molar-refractivity contribution is 6.26. The molecule has 0 saturated carbocycles. The van der Waals surface area contributed by atoms with Gasteiger partial charge in [-0.15, -0.1) is 0 Å². The van der Waals surface area contributed by atoms with Gasteiger partial charge in [0.05, 0.1) is 11.0 Å². The number of rotatable bonds is 2. The molecule has 0 fully saturated rings. The van der Waals surface area contributed by atoms with Crippen LogP contribution in [-0.2, 0) is 10.8 Å². The van der Waals surface area contributed by atoms with Crippen LogP contribution in [-0.4, -0.2) is 4.57 Å². The van der Waals surface area contributed by atoms with Crippen LogP contribution in [0.3, 0.4) is 0 Å². The zero-order valence-electron chi connectivity index (χ0n) is 28.6. The summed E-state index contributed by atoms with van der Waals surface area (Å²) < 4.78 is 9.32. The summed E-state index contributed by atoms with van der Waals surface area (Å²) in [4.78, 5) is 0. The molecule has 0 amide bonds. The van der Waals surface area contributed by atoms with Crippen LogP contribution in [0.2, 0.25) is 0 Å². The summed E-state index contributed by atoms with van der Waals surface area (Å²) in [5, 5.41) is 4.74. The number of fused-ring (bicyclic) bond motifs is 13. The minimum absolute atomic E-state index is 0.0870. The Labute approximate surface area is 291 Å². The van der Waals surface area contributed by atoms with Crippen LogP contribution < -0.4 is 0 Å². The average Bonchev–Trinajstić information content (AvgIpc) is 3.82. The molecule has 0 unspecified atom stereocenters. The van der Waals surface area contributed by atoms with E-state index in [-0.39, 0.29) is 10.8 Å². The monoisotopic (exact) mass is 641 g/mol. The standard InChI is InChI=1S/C48H35NO/c1-47(2)38-17-9-5-13-30(38)32-23-21-28(25-40(32)47)36-27-37-34-15-8-12-20-43(34)50-46(37)45-44(36)35-16-7-11-19-42(35)49(45)29-22-24-33-31-14-6-10-18-39(31)48(3,4)41(33)26-29/h5-27H,1-4H3. The van der Waals surface area contributed by atoms with Gasteiger partial charge in [-0.3, -0.25) is 0 Å². The lowest BCUT2D eigenvalue weighted by Gasteiger charge is -2.22. The van der Waals surface area contributed by atoms with Crippen molar-refractivity contribution in [1.82, 2.24) is 4.57 Å². The first-order valence-electron chi connectivity index (χ1n) is 17.7. The Morgan fingerprint density at radius 2 is 1.04 bits per heavy atom. The number of benzene rings is 7. The van der Waals surface area contributed by atoms with Crippen molar-refractivity contribution in [2.24, 2.45) is 0 Å². The predicted octanol–water partition coefficient (Wildman–Crippen LogP) is 13.0. The zero-order chi connectivity index (χ0) is 33.5. The van der Waals surface area contributed by atoms with E-state index in [2.05, 4.69) is 172 Å². The second-order valence-corrected chi connectivity index (χ2v) is 15.3. The quantitative estimate of drug-likeness (QED) is 0.184. The predicted molar refractivity (Wildman–Crippen MR) is 209 cm³/mol. The molecule has 0 radical (unpaired) electrons. The molecule has 2 nitrogen and oxygen atoms in total. The van der Waals surface area contributed by atoms with E-state index in [0.29, 0.717) is 0 Å². The van der Waals surface area contributed by atoms with Crippen LogP contribution in [0.15, 0.2) is 144 Å². The number of aromatic nitrogens is 1. The Balaban J connectivity index is 1.26. The van der Waals surface area contributed by atoms with Crippen LogP contribution in [0.5, 0.6) is 0 Å². The first-order chi connectivity index (χ1) is 24.3. The van der Waals surface area contributed by atoms with E-state index in [1.54, 1.807) is 0 Å². The van der Waals surface area contributed by atoms with E-state index in [9.17, 15) is 0 Å². The van der Waals surface area contributed by atoms with E-state index in [0.717, 1.165) is 33.1 Å². The van der Waals surface area contributed by atoms with Gasteiger partial charge in [-0.1, -0.05) is 131 Å². The molecule has 0 atom stereocenters. The van der Waals surface area contributed by atoms with E-state index in [1.165, 1.54) is 71.9 Å². The lowest BCUT2D eigenvalue weighted by atomic mass is 9.81. The molecular formula is C48H35NO. The Morgan fingerprint density at radius 1 is 0.460 bits per heavy atom. The Morgan fingerprint density at radius 3 is 1.78 bits per heavy atom. The van der Waals surface area contributed by atoms with Gasteiger partial charge in [-0.25, -0.2) is 0 Å². The van der Waals surface area contributed by atoms with E-state index in [4.69, 9.17) is 4.42 Å². The zero-order valence-corrected chi connectivity index (χ0v) is 28.6. The molecule has 2 aliphatic carbocycles. The maximum Gasteiger partial charge on any atom is 0.160 e. The van der Waals surface area contributed by atoms with Gasteiger partial charge < -0.3 is 8.98 Å². The first-order valence-corrected chi connectivity index (χ1v) is 17.7. The second-order valence-electron chi connectivity index (χ2n) is 15.3. The van der Waals surface area contributed by atoms with Gasteiger partial charge in [0.2, 0.25) is 0 Å². The van der Waals surface area contributed by atoms with Crippen LogP contribution in [0.1, 0.15) is 49.9 Å². The maximum absolute atomic E-state index is 6.86. The van der Waals surface area contributed by atoms with Gasteiger partial charge in [-0.2, -0.15) is 0 Å². The summed E-state index contributed by atoms with van der Waals surface area (Å²) >= 11 is 0. The fourth-order valence-corrected chi connectivity index (χ4v) is 9.53. The third-order valence-corrected chi connectivity index (χ3v) is 12.0. The minimum Gasteiger partial charge on any atom is -0.454 e. The van der Waals surface area contributed by atoms with Gasteiger partial charge in [0.25, 0.3) is 0 Å². The van der Waals surface area contributed by atoms with Crippen LogP contribution >= 0.6 is 0 Å². The SMILES string of the molecule is CC1(C)c2ccccc2-c2ccc(-c3cc4c5ccccc5oc4c4c3c3ccccc3n4-c3ccc4c(c3)C(C)(C)c3ccccc3-4)cc21. The Hall–Kier alpha value is -5.86. The molecule has 2 heterocycles. The van der Waals surface area contributed by atoms with E-state index in [1.807, 2.05) is 0 Å². The highest BCUT2D eigenvalue weighted by Crippen LogP contribution is 2.53. The first kappa shape index (κ1) is 28.0. The summed E-state index contributed by atoms with van der Waals surface area (Å²) in [6, 6.07) is 51.7. The van der Waals surface area contributed by atoms with E-state index < -0.39 is 0 Å². The van der Waals surface area contributed by atoms with Gasteiger partial charge >= 0.3 is 0 Å². The highest BCUT2D eigenvalue weighted by Gasteiger charge is 2.37. The summed E-state index contributed by atoms with van der Waals surface area (Å²) in [6.45, 7) is 9.44. The van der Waals surface area contributed by atoms with Crippen LogP contribution in [0.25, 0.3) is 82.8 Å². The molecule has 0 spiro atoms. The van der Waals surface area contributed by atoms with Crippen molar-refractivity contribution in [2.75, 3.05) is 0 Å². The number of hydrogen-bond acceptors (Lipinski definition) is 1. The van der Waals surface area contributed by atoms with Crippen molar-refractivity contribution in [3.05, 3.63) is 162 Å². The van der Waals surface area contributed by atoms with Gasteiger partial charge in [0, 0.05) is 38.1 Å². The molecule has 9 aromatic rings. The molecule has 2 aromatic heterocycles. The molecule has 0 bridgehead atoms. The lowest BCUT2D eigenvalue weighted by Crippen LogP contribution is -2.15. The molecule has 7 aromatic carbocycles. The summed E-state index contributed by atoms with van der Waals surface area (Å²) in [7, 11) is 0. The van der Waals surface area contributed by atoms with Crippen molar-refractivity contribution in [2.45, 2.75) is 38.5 Å². The van der Waals surface area contributed by atoms with E-state index >= 15 is 0 Å². The molecule has 238 valence electrons. The van der Waals surface area contributed by atoms with Crippen LogP contribution in [0, 0.1) is 0 Å². The number of hydrogen-bond donors (Lipinski definition) is 0. The summed E-state index contributed by atoms with van der Waals surface area (Å²) in [6.07, 6.45) is 0. The Bertz CT molecular complexity index is 2930. The average molecular weight is 642 g/mol. The summed E-state index contributed by atoms with van der Waals surface area (Å²) in [5.41, 5.74) is 18.4. The maximum atomic E-state index is 6.86. The van der Waals surface area contributed by atoms with Crippen molar-refractivity contribution >= 4 is 43.7 Å². The van der Waals surface area contributed by atoms with Crippen molar-refractivity contribution in [1.29, 1.82) is 0 Å². The summed E-state index contributed by atoms with van der Waals surface area (Å²) in [5.74, 6) is 0. The smallest absolute Gasteiger partial charge is 0.160 e. The van der Waals surface area contributed by atoms with Gasteiger partial charge in [0.1, 0.15) is 5.58 Å².